The lowest BCUT2D eigenvalue weighted by molar-refractivity contribution is 0.0521. The first-order valence-corrected chi connectivity index (χ1v) is 13.1. The van der Waals surface area contributed by atoms with Crippen molar-refractivity contribution in [2.24, 2.45) is 0 Å². The number of nitrogens with one attached hydrogen (secondary N) is 4. The van der Waals surface area contributed by atoms with Gasteiger partial charge in [0, 0.05) is 5.56 Å². The SMILES string of the molecule is CCCNCc1ncc(-c2ccc(-c3ccc(-c4nc([C@@H]5CCCN5)[nH]c4C(=O)OCC)cc3)cc2)[nH]1. The van der Waals surface area contributed by atoms with E-state index < -0.39 is 0 Å². The molecule has 0 radical (unpaired) electrons. The Kier molecular flexibility index (Phi) is 7.77. The highest BCUT2D eigenvalue weighted by molar-refractivity contribution is 5.94. The largest absolute Gasteiger partial charge is 0.461 e. The molecule has 1 aliphatic rings. The molecule has 5 rings (SSSR count). The molecule has 0 bridgehead atoms. The average molecular weight is 499 g/mol. The van der Waals surface area contributed by atoms with E-state index in [-0.39, 0.29) is 12.0 Å². The first kappa shape index (κ1) is 24.9. The van der Waals surface area contributed by atoms with Crippen LogP contribution in [0.5, 0.6) is 0 Å². The van der Waals surface area contributed by atoms with Crippen molar-refractivity contribution in [3.63, 3.8) is 0 Å². The van der Waals surface area contributed by atoms with E-state index >= 15 is 0 Å². The smallest absolute Gasteiger partial charge is 0.357 e. The fourth-order valence-corrected chi connectivity index (χ4v) is 4.68. The van der Waals surface area contributed by atoms with Crippen molar-refractivity contribution in [1.82, 2.24) is 30.6 Å². The van der Waals surface area contributed by atoms with Crippen LogP contribution in [-0.4, -0.2) is 45.6 Å². The first-order chi connectivity index (χ1) is 18.2. The minimum absolute atomic E-state index is 0.137. The molecule has 8 heteroatoms. The molecule has 1 fully saturated rings. The van der Waals surface area contributed by atoms with Crippen LogP contribution in [0.25, 0.3) is 33.6 Å². The van der Waals surface area contributed by atoms with Crippen LogP contribution in [0.3, 0.4) is 0 Å². The van der Waals surface area contributed by atoms with Crippen LogP contribution < -0.4 is 10.6 Å². The zero-order chi connectivity index (χ0) is 25.6. The quantitative estimate of drug-likeness (QED) is 0.176. The molecule has 1 atom stereocenters. The number of rotatable bonds is 10. The highest BCUT2D eigenvalue weighted by Crippen LogP contribution is 2.30. The van der Waals surface area contributed by atoms with Gasteiger partial charge in [-0.15, -0.1) is 0 Å². The second kappa shape index (κ2) is 11.5. The van der Waals surface area contributed by atoms with Crippen LogP contribution >= 0.6 is 0 Å². The molecule has 3 heterocycles. The third kappa shape index (κ3) is 5.65. The molecule has 1 aliphatic heterocycles. The molecule has 0 saturated carbocycles. The van der Waals surface area contributed by atoms with Gasteiger partial charge in [0.2, 0.25) is 0 Å². The van der Waals surface area contributed by atoms with Crippen LogP contribution in [0.4, 0.5) is 0 Å². The summed E-state index contributed by atoms with van der Waals surface area (Å²) in [6, 6.07) is 16.7. The summed E-state index contributed by atoms with van der Waals surface area (Å²) in [5.41, 5.74) is 6.23. The summed E-state index contributed by atoms with van der Waals surface area (Å²) in [6.07, 6.45) is 5.08. The molecular formula is C29H34N6O2. The molecular weight excluding hydrogens is 464 g/mol. The normalized spacial score (nSPS) is 15.2. The zero-order valence-electron chi connectivity index (χ0n) is 21.4. The van der Waals surface area contributed by atoms with E-state index in [1.165, 1.54) is 0 Å². The number of carbonyl (C=O) groups is 1. The van der Waals surface area contributed by atoms with Gasteiger partial charge in [0.05, 0.1) is 31.1 Å². The topological polar surface area (TPSA) is 108 Å². The number of benzene rings is 2. The minimum atomic E-state index is -0.378. The lowest BCUT2D eigenvalue weighted by Crippen LogP contribution is -2.14. The predicted octanol–water partition coefficient (Wildman–Crippen LogP) is 5.23. The predicted molar refractivity (Wildman–Crippen MR) is 145 cm³/mol. The minimum Gasteiger partial charge on any atom is -0.461 e. The van der Waals surface area contributed by atoms with Crippen molar-refractivity contribution in [2.75, 3.05) is 19.7 Å². The van der Waals surface area contributed by atoms with Gasteiger partial charge in [-0.1, -0.05) is 55.5 Å². The van der Waals surface area contributed by atoms with Gasteiger partial charge in [-0.3, -0.25) is 0 Å². The lowest BCUT2D eigenvalue weighted by atomic mass is 10.0. The number of aromatic amines is 2. The summed E-state index contributed by atoms with van der Waals surface area (Å²) in [4.78, 5) is 28.6. The number of hydrogen-bond donors (Lipinski definition) is 4. The maximum atomic E-state index is 12.6. The summed E-state index contributed by atoms with van der Waals surface area (Å²) in [5.74, 6) is 1.35. The molecule has 0 amide bonds. The average Bonchev–Trinajstić information content (AvgIpc) is 3.70. The molecule has 192 valence electrons. The summed E-state index contributed by atoms with van der Waals surface area (Å²) in [7, 11) is 0. The lowest BCUT2D eigenvalue weighted by Gasteiger charge is -2.06. The number of ether oxygens (including phenoxy) is 1. The van der Waals surface area contributed by atoms with Crippen LogP contribution in [0.15, 0.2) is 54.7 Å². The number of carbonyl (C=O) groups excluding carboxylic acids is 1. The molecule has 2 aromatic heterocycles. The van der Waals surface area contributed by atoms with E-state index in [4.69, 9.17) is 9.72 Å². The number of hydrogen-bond acceptors (Lipinski definition) is 6. The second-order valence-corrected chi connectivity index (χ2v) is 9.29. The Labute approximate surface area is 217 Å². The van der Waals surface area contributed by atoms with Crippen molar-refractivity contribution < 1.29 is 9.53 Å². The number of imidazole rings is 2. The Morgan fingerprint density at radius 3 is 2.35 bits per heavy atom. The molecule has 0 spiro atoms. The van der Waals surface area contributed by atoms with Crippen LogP contribution in [0, 0.1) is 0 Å². The molecule has 1 saturated heterocycles. The van der Waals surface area contributed by atoms with E-state index in [1.807, 2.05) is 25.3 Å². The van der Waals surface area contributed by atoms with Gasteiger partial charge < -0.3 is 25.3 Å². The highest BCUT2D eigenvalue weighted by atomic mass is 16.5. The van der Waals surface area contributed by atoms with Gasteiger partial charge in [0.15, 0.2) is 5.69 Å². The maximum absolute atomic E-state index is 12.6. The molecule has 4 N–H and O–H groups in total. The Morgan fingerprint density at radius 1 is 1.00 bits per heavy atom. The van der Waals surface area contributed by atoms with Crippen molar-refractivity contribution >= 4 is 5.97 Å². The maximum Gasteiger partial charge on any atom is 0.357 e. The van der Waals surface area contributed by atoms with E-state index in [0.29, 0.717) is 18.0 Å². The number of esters is 1. The zero-order valence-corrected chi connectivity index (χ0v) is 21.4. The summed E-state index contributed by atoms with van der Waals surface area (Å²) < 4.78 is 5.29. The number of nitrogens with zero attached hydrogens (tertiary/aromatic N) is 2. The molecule has 0 aliphatic carbocycles. The van der Waals surface area contributed by atoms with Crippen LogP contribution in [0.2, 0.25) is 0 Å². The fourth-order valence-electron chi connectivity index (χ4n) is 4.68. The Balaban J connectivity index is 1.34. The fraction of sp³-hybridized carbons (Fsp3) is 0.345. The van der Waals surface area contributed by atoms with Gasteiger partial charge in [0.1, 0.15) is 17.3 Å². The van der Waals surface area contributed by atoms with Crippen molar-refractivity contribution in [3.05, 3.63) is 72.1 Å². The van der Waals surface area contributed by atoms with Crippen molar-refractivity contribution in [2.45, 2.75) is 45.7 Å². The Bertz CT molecular complexity index is 1320. The van der Waals surface area contributed by atoms with E-state index in [0.717, 1.165) is 78.5 Å². The third-order valence-corrected chi connectivity index (χ3v) is 6.63. The molecule has 4 aromatic rings. The van der Waals surface area contributed by atoms with Gasteiger partial charge in [-0.05, 0) is 56.0 Å². The molecule has 37 heavy (non-hydrogen) atoms. The first-order valence-electron chi connectivity index (χ1n) is 13.1. The second-order valence-electron chi connectivity index (χ2n) is 9.29. The molecule has 2 aromatic carbocycles. The van der Waals surface area contributed by atoms with Crippen molar-refractivity contribution in [1.29, 1.82) is 0 Å². The molecule has 0 unspecified atom stereocenters. The standard InChI is InChI=1S/C29H34N6O2/c1-3-15-30-18-25-32-17-24(33-25)21-11-7-19(8-12-21)20-9-13-22(14-10-20)26-27(29(36)37-4-2)35-28(34-26)23-6-5-16-31-23/h7-14,17,23,30-31H,3-6,15-16,18H2,1-2H3,(H,32,33)(H,34,35)/t23-/m0/s1. The summed E-state index contributed by atoms with van der Waals surface area (Å²) >= 11 is 0. The van der Waals surface area contributed by atoms with Gasteiger partial charge in [-0.2, -0.15) is 0 Å². The monoisotopic (exact) mass is 498 g/mol. The van der Waals surface area contributed by atoms with Crippen LogP contribution in [0.1, 0.15) is 61.3 Å². The van der Waals surface area contributed by atoms with E-state index in [1.54, 1.807) is 0 Å². The molecule has 8 nitrogen and oxygen atoms in total. The summed E-state index contributed by atoms with van der Waals surface area (Å²) in [6.45, 7) is 6.96. The van der Waals surface area contributed by atoms with Gasteiger partial charge >= 0.3 is 5.97 Å². The Morgan fingerprint density at radius 2 is 1.70 bits per heavy atom. The van der Waals surface area contributed by atoms with Gasteiger partial charge in [0.25, 0.3) is 0 Å². The van der Waals surface area contributed by atoms with Crippen LogP contribution in [-0.2, 0) is 11.3 Å². The summed E-state index contributed by atoms with van der Waals surface area (Å²) in [5, 5.41) is 6.81. The van der Waals surface area contributed by atoms with Crippen molar-refractivity contribution in [3.8, 4) is 33.6 Å². The van der Waals surface area contributed by atoms with Gasteiger partial charge in [-0.25, -0.2) is 14.8 Å². The van der Waals surface area contributed by atoms with E-state index in [9.17, 15) is 4.79 Å². The Hall–Kier alpha value is -3.75. The number of aromatic nitrogens is 4. The highest BCUT2D eigenvalue weighted by Gasteiger charge is 2.25. The van der Waals surface area contributed by atoms with E-state index in [2.05, 4.69) is 68.9 Å². The third-order valence-electron chi connectivity index (χ3n) is 6.63. The number of H-pyrrole nitrogens is 2.